The normalized spacial score (nSPS) is 36.2. The molecule has 3 aliphatic rings. The van der Waals surface area contributed by atoms with Crippen LogP contribution in [0.25, 0.3) is 0 Å². The van der Waals surface area contributed by atoms with Crippen LogP contribution in [0.15, 0.2) is 0 Å². The van der Waals surface area contributed by atoms with Crippen molar-refractivity contribution in [2.24, 2.45) is 0 Å². The number of carbonyl (C=O) groups excluding carboxylic acids is 1. The Morgan fingerprint density at radius 1 is 1.40 bits per heavy atom. The first-order valence-electron chi connectivity index (χ1n) is 5.55. The lowest BCUT2D eigenvalue weighted by atomic mass is 10.1. The van der Waals surface area contributed by atoms with Crippen LogP contribution in [0.4, 0.5) is 4.79 Å². The lowest BCUT2D eigenvalue weighted by molar-refractivity contribution is -0.943. The first-order chi connectivity index (χ1) is 7.10. The number of hydrogen-bond donors (Lipinski definition) is 0. The minimum Gasteiger partial charge on any atom is -0.541 e. The molecule has 1 unspecified atom stereocenters. The summed E-state index contributed by atoms with van der Waals surface area (Å²) in [5.41, 5.74) is 0. The van der Waals surface area contributed by atoms with Crippen molar-refractivity contribution in [1.29, 1.82) is 0 Å². The lowest BCUT2D eigenvalue weighted by Crippen LogP contribution is -2.68. The molecular weight excluding hydrogens is 196 g/mol. The van der Waals surface area contributed by atoms with Crippen molar-refractivity contribution in [2.75, 3.05) is 45.8 Å². The molecule has 0 saturated carbocycles. The second-order valence-electron chi connectivity index (χ2n) is 4.72. The van der Waals surface area contributed by atoms with Crippen LogP contribution in [0, 0.1) is 0 Å². The molecule has 5 nitrogen and oxygen atoms in total. The molecule has 3 aliphatic heterocycles. The van der Waals surface area contributed by atoms with Crippen molar-refractivity contribution in [1.82, 2.24) is 4.90 Å². The Morgan fingerprint density at radius 3 is 2.40 bits per heavy atom. The Morgan fingerprint density at radius 2 is 1.93 bits per heavy atom. The summed E-state index contributed by atoms with van der Waals surface area (Å²) in [6, 6.07) is 0. The lowest BCUT2D eigenvalue weighted by Gasteiger charge is -2.51. The third-order valence-electron chi connectivity index (χ3n) is 3.61. The number of rotatable bonds is 3. The van der Waals surface area contributed by atoms with E-state index in [0.29, 0.717) is 0 Å². The van der Waals surface area contributed by atoms with E-state index in [4.69, 9.17) is 0 Å². The zero-order chi connectivity index (χ0) is 10.9. The van der Waals surface area contributed by atoms with Crippen LogP contribution in [-0.4, -0.2) is 67.5 Å². The van der Waals surface area contributed by atoms with Gasteiger partial charge in [0.15, 0.2) is 0 Å². The number of hydrogen-bond acceptors (Lipinski definition) is 4. The van der Waals surface area contributed by atoms with E-state index < -0.39 is 6.16 Å². The van der Waals surface area contributed by atoms with E-state index in [0.717, 1.165) is 50.3 Å². The highest BCUT2D eigenvalue weighted by molar-refractivity contribution is 5.54. The van der Waals surface area contributed by atoms with Crippen molar-refractivity contribution in [3.63, 3.8) is 0 Å². The van der Waals surface area contributed by atoms with Gasteiger partial charge in [-0.2, -0.15) is 0 Å². The predicted octanol–water partition coefficient (Wildman–Crippen LogP) is -1.12. The molecule has 86 valence electrons. The quantitative estimate of drug-likeness (QED) is 0.441. The molecule has 15 heavy (non-hydrogen) atoms. The minimum atomic E-state index is -1.41. The van der Waals surface area contributed by atoms with Crippen LogP contribution in [0.3, 0.4) is 0 Å². The van der Waals surface area contributed by atoms with E-state index in [1.54, 1.807) is 0 Å². The van der Waals surface area contributed by atoms with Crippen molar-refractivity contribution in [3.05, 3.63) is 0 Å². The average Bonchev–Trinajstić information content (AvgIpc) is 2.18. The molecule has 0 N–H and O–H groups in total. The Balaban J connectivity index is 1.89. The Kier molecular flexibility index (Phi) is 2.84. The van der Waals surface area contributed by atoms with Gasteiger partial charge in [0.25, 0.3) is 6.16 Å². The van der Waals surface area contributed by atoms with Crippen molar-refractivity contribution < 1.29 is 19.1 Å². The molecule has 3 rings (SSSR count). The molecule has 1 atom stereocenters. The molecule has 5 heteroatoms. The third kappa shape index (κ3) is 2.41. The number of nitrogens with zero attached hydrogens (tertiary/aromatic N) is 2. The molecule has 3 fully saturated rings. The fourth-order valence-electron chi connectivity index (χ4n) is 2.75. The molecule has 0 radical (unpaired) electrons. The maximum absolute atomic E-state index is 10.3. The maximum atomic E-state index is 10.3. The largest absolute Gasteiger partial charge is 0.541 e. The fourth-order valence-corrected chi connectivity index (χ4v) is 2.75. The van der Waals surface area contributed by atoms with Gasteiger partial charge in [-0.05, 0) is 6.92 Å². The number of carbonyl (C=O) groups is 1. The van der Waals surface area contributed by atoms with E-state index in [2.05, 4.69) is 9.64 Å². The highest BCUT2D eigenvalue weighted by Crippen LogP contribution is 2.20. The molecule has 3 heterocycles. The van der Waals surface area contributed by atoms with Gasteiger partial charge in [-0.25, -0.2) is 0 Å². The molecule has 0 aromatic carbocycles. The summed E-state index contributed by atoms with van der Waals surface area (Å²) in [6.45, 7) is 9.39. The summed E-state index contributed by atoms with van der Waals surface area (Å²) in [7, 11) is 0. The minimum absolute atomic E-state index is 0.250. The Bertz CT molecular complexity index is 235. The number of piperazine rings is 3. The topological polar surface area (TPSA) is 52.6 Å². The molecule has 0 aromatic rings. The monoisotopic (exact) mass is 214 g/mol. The number of quaternary nitrogens is 1. The maximum Gasteiger partial charge on any atom is 0.252 e. The number of fused-ring (bicyclic) bond motifs is 3. The second kappa shape index (κ2) is 3.98. The van der Waals surface area contributed by atoms with E-state index in [1.807, 2.05) is 6.92 Å². The van der Waals surface area contributed by atoms with Crippen molar-refractivity contribution in [3.8, 4) is 0 Å². The molecule has 3 saturated heterocycles. The van der Waals surface area contributed by atoms with Gasteiger partial charge >= 0.3 is 0 Å². The summed E-state index contributed by atoms with van der Waals surface area (Å²) >= 11 is 0. The van der Waals surface area contributed by atoms with E-state index >= 15 is 0 Å². The van der Waals surface area contributed by atoms with Crippen molar-refractivity contribution in [2.45, 2.75) is 13.0 Å². The molecule has 0 spiro atoms. The fraction of sp³-hybridized carbons (Fsp3) is 0.900. The van der Waals surface area contributed by atoms with E-state index in [9.17, 15) is 9.90 Å². The SMILES string of the molecule is CC(C[N+]12CCN(CC1)CC2)OC(=O)[O-]. The summed E-state index contributed by atoms with van der Waals surface area (Å²) in [4.78, 5) is 12.8. The van der Waals surface area contributed by atoms with Gasteiger partial charge in [0.1, 0.15) is 0 Å². The van der Waals surface area contributed by atoms with Gasteiger partial charge in [0.2, 0.25) is 0 Å². The first-order valence-corrected chi connectivity index (χ1v) is 5.55. The summed E-state index contributed by atoms with van der Waals surface area (Å²) < 4.78 is 5.69. The van der Waals surface area contributed by atoms with Crippen LogP contribution in [0.5, 0.6) is 0 Å². The summed E-state index contributed by atoms with van der Waals surface area (Å²) in [6.07, 6.45) is -1.66. The average molecular weight is 214 g/mol. The van der Waals surface area contributed by atoms with Crippen LogP contribution >= 0.6 is 0 Å². The molecule has 0 amide bonds. The molecule has 0 aliphatic carbocycles. The zero-order valence-electron chi connectivity index (χ0n) is 9.15. The number of ether oxygens (including phenoxy) is 1. The first kappa shape index (κ1) is 10.7. The summed E-state index contributed by atoms with van der Waals surface area (Å²) in [5, 5.41) is 10.3. The van der Waals surface area contributed by atoms with Crippen molar-refractivity contribution >= 4 is 6.16 Å². The smallest absolute Gasteiger partial charge is 0.252 e. The Hall–Kier alpha value is -0.810. The van der Waals surface area contributed by atoms with E-state index in [-0.39, 0.29) is 6.10 Å². The van der Waals surface area contributed by atoms with Gasteiger partial charge in [-0.15, -0.1) is 0 Å². The molecule has 2 bridgehead atoms. The van der Waals surface area contributed by atoms with Crippen LogP contribution in [0.2, 0.25) is 0 Å². The highest BCUT2D eigenvalue weighted by Gasteiger charge is 2.38. The van der Waals surface area contributed by atoms with E-state index in [1.165, 1.54) is 0 Å². The van der Waals surface area contributed by atoms with Gasteiger partial charge in [-0.3, -0.25) is 4.90 Å². The Labute approximate surface area is 89.8 Å². The van der Waals surface area contributed by atoms with Crippen LogP contribution in [-0.2, 0) is 4.74 Å². The van der Waals surface area contributed by atoms with Crippen LogP contribution < -0.4 is 5.11 Å². The van der Waals surface area contributed by atoms with Gasteiger partial charge in [-0.1, -0.05) is 0 Å². The standard InChI is InChI=1S/C10H18N2O3/c1-9(15-10(13)14)8-12-5-2-11(3-6-12)4-7-12/h9H,2-8H2,1H3. The highest BCUT2D eigenvalue weighted by atomic mass is 16.7. The number of carboxylic acid groups (broad SMARTS) is 1. The van der Waals surface area contributed by atoms with Gasteiger partial charge in [0.05, 0.1) is 32.3 Å². The predicted molar refractivity (Wildman–Crippen MR) is 52.1 cm³/mol. The second-order valence-corrected chi connectivity index (χ2v) is 4.72. The van der Waals surface area contributed by atoms with Gasteiger partial charge in [0, 0.05) is 19.6 Å². The summed E-state index contributed by atoms with van der Waals surface area (Å²) in [5.74, 6) is 0. The molecule has 0 aromatic heterocycles. The zero-order valence-corrected chi connectivity index (χ0v) is 9.15. The molecular formula is C10H18N2O3. The third-order valence-corrected chi connectivity index (χ3v) is 3.61. The van der Waals surface area contributed by atoms with Crippen LogP contribution in [0.1, 0.15) is 6.92 Å². The van der Waals surface area contributed by atoms with Gasteiger partial charge < -0.3 is 19.1 Å².